The Bertz CT molecular complexity index is 780. The monoisotopic (exact) mass is 355 g/mol. The molecule has 0 bridgehead atoms. The molecule has 0 unspecified atom stereocenters. The van der Waals surface area contributed by atoms with Gasteiger partial charge in [-0.2, -0.15) is 0 Å². The van der Waals surface area contributed by atoms with Gasteiger partial charge < -0.3 is 9.15 Å². The number of nitrogens with zero attached hydrogens (tertiary/aromatic N) is 3. The smallest absolute Gasteiger partial charge is 0.230 e. The van der Waals surface area contributed by atoms with E-state index in [2.05, 4.69) is 54.9 Å². The van der Waals surface area contributed by atoms with Crippen LogP contribution in [0.1, 0.15) is 80.0 Å². The number of aryl methyl sites for hydroxylation is 2. The lowest BCUT2D eigenvalue weighted by Gasteiger charge is -2.31. The number of ether oxygens (including phenoxy) is 1. The molecular formula is C21H29N3O2. The lowest BCUT2D eigenvalue weighted by molar-refractivity contribution is 0.151. The topological polar surface area (TPSA) is 51.4 Å². The quantitative estimate of drug-likeness (QED) is 0.779. The van der Waals surface area contributed by atoms with Crippen molar-refractivity contribution in [2.45, 2.75) is 77.9 Å². The number of rotatable bonds is 5. The Balaban J connectivity index is 1.65. The van der Waals surface area contributed by atoms with Gasteiger partial charge in [0.1, 0.15) is 5.75 Å². The summed E-state index contributed by atoms with van der Waals surface area (Å²) in [6.07, 6.45) is 4.68. The maximum atomic E-state index is 6.07. The molecule has 5 heteroatoms. The molecule has 2 aromatic rings. The molecule has 5 nitrogen and oxygen atoms in total. The molecule has 1 aromatic carbocycles. The van der Waals surface area contributed by atoms with Crippen molar-refractivity contribution >= 4 is 0 Å². The Morgan fingerprint density at radius 1 is 1.12 bits per heavy atom. The lowest BCUT2D eigenvalue weighted by Crippen LogP contribution is -2.30. The zero-order chi connectivity index (χ0) is 18.3. The van der Waals surface area contributed by atoms with Crippen LogP contribution in [0.15, 0.2) is 16.5 Å². The maximum absolute atomic E-state index is 6.07. The van der Waals surface area contributed by atoms with Crippen LogP contribution in [0.4, 0.5) is 0 Å². The van der Waals surface area contributed by atoms with Gasteiger partial charge in [0.05, 0.1) is 13.2 Å². The summed E-state index contributed by atoms with van der Waals surface area (Å²) in [5, 5.41) is 8.52. The van der Waals surface area contributed by atoms with Gasteiger partial charge in [-0.1, -0.05) is 19.9 Å². The van der Waals surface area contributed by atoms with Gasteiger partial charge in [0, 0.05) is 23.6 Å². The van der Waals surface area contributed by atoms with Crippen LogP contribution in [0.2, 0.25) is 0 Å². The average Bonchev–Trinajstić information content (AvgIpc) is 3.37. The first-order valence-electron chi connectivity index (χ1n) is 9.85. The summed E-state index contributed by atoms with van der Waals surface area (Å²) in [7, 11) is 0. The Morgan fingerprint density at radius 2 is 1.88 bits per heavy atom. The van der Waals surface area contributed by atoms with Gasteiger partial charge in [-0.25, -0.2) is 0 Å². The molecule has 0 amide bonds. The zero-order valence-corrected chi connectivity index (χ0v) is 16.3. The summed E-state index contributed by atoms with van der Waals surface area (Å²) in [6, 6.07) is 5.50. The van der Waals surface area contributed by atoms with Crippen LogP contribution in [0.25, 0.3) is 0 Å². The van der Waals surface area contributed by atoms with E-state index in [1.165, 1.54) is 29.5 Å². The summed E-state index contributed by atoms with van der Waals surface area (Å²) in [6.45, 7) is 10.0. The summed E-state index contributed by atoms with van der Waals surface area (Å²) in [5.41, 5.74) is 3.94. The van der Waals surface area contributed by atoms with E-state index in [1.54, 1.807) is 0 Å². The molecule has 1 aliphatic heterocycles. The van der Waals surface area contributed by atoms with Crippen LogP contribution in [0, 0.1) is 13.8 Å². The Hall–Kier alpha value is -1.88. The fourth-order valence-corrected chi connectivity index (χ4v) is 3.78. The van der Waals surface area contributed by atoms with Gasteiger partial charge in [-0.05, 0) is 56.7 Å². The molecule has 1 aliphatic carbocycles. The highest BCUT2D eigenvalue weighted by atomic mass is 16.5. The molecule has 2 heterocycles. The highest BCUT2D eigenvalue weighted by Gasteiger charge is 2.37. The highest BCUT2D eigenvalue weighted by molar-refractivity contribution is 5.44. The van der Waals surface area contributed by atoms with Crippen LogP contribution >= 0.6 is 0 Å². The first-order valence-corrected chi connectivity index (χ1v) is 9.85. The van der Waals surface area contributed by atoms with Crippen molar-refractivity contribution in [1.29, 1.82) is 0 Å². The molecule has 0 saturated heterocycles. The predicted molar refractivity (Wildman–Crippen MR) is 100 cm³/mol. The van der Waals surface area contributed by atoms with E-state index in [0.717, 1.165) is 43.5 Å². The average molecular weight is 355 g/mol. The molecule has 1 saturated carbocycles. The Morgan fingerprint density at radius 3 is 2.58 bits per heavy atom. The molecule has 1 atom stereocenters. The second kappa shape index (κ2) is 7.03. The molecule has 0 spiro atoms. The second-order valence-corrected chi connectivity index (χ2v) is 8.07. The normalized spacial score (nSPS) is 20.2. The standard InChI is InChI=1S/C21H29N3O2/c1-13(2)21-23-22-20(26-21)12-24(16-7-8-16)18-6-5-9-25-19-11-15(4)14(3)10-17(18)19/h10-11,13,16,18H,5-9,12H2,1-4H3/t18-/m0/s1. The molecule has 26 heavy (non-hydrogen) atoms. The molecule has 140 valence electrons. The van der Waals surface area contributed by atoms with Gasteiger partial charge in [0.15, 0.2) is 0 Å². The van der Waals surface area contributed by atoms with E-state index < -0.39 is 0 Å². The predicted octanol–water partition coefficient (Wildman–Crippen LogP) is 4.69. The fraction of sp³-hybridized carbons (Fsp3) is 0.619. The van der Waals surface area contributed by atoms with Crippen molar-refractivity contribution in [2.24, 2.45) is 0 Å². The van der Waals surface area contributed by atoms with Gasteiger partial charge in [-0.15, -0.1) is 10.2 Å². The molecule has 1 fully saturated rings. The largest absolute Gasteiger partial charge is 0.493 e. The first kappa shape index (κ1) is 17.5. The minimum Gasteiger partial charge on any atom is -0.493 e. The van der Waals surface area contributed by atoms with Crippen LogP contribution in [-0.2, 0) is 6.54 Å². The van der Waals surface area contributed by atoms with Crippen molar-refractivity contribution in [3.63, 3.8) is 0 Å². The van der Waals surface area contributed by atoms with Crippen LogP contribution < -0.4 is 4.74 Å². The van der Waals surface area contributed by atoms with Crippen molar-refractivity contribution in [3.05, 3.63) is 40.6 Å². The highest BCUT2D eigenvalue weighted by Crippen LogP contribution is 2.43. The van der Waals surface area contributed by atoms with E-state index >= 15 is 0 Å². The Labute approximate surface area is 155 Å². The Kier molecular flexibility index (Phi) is 4.74. The zero-order valence-electron chi connectivity index (χ0n) is 16.3. The minimum atomic E-state index is 0.267. The summed E-state index contributed by atoms with van der Waals surface area (Å²) in [4.78, 5) is 2.57. The molecule has 1 aromatic heterocycles. The number of benzene rings is 1. The number of hydrogen-bond donors (Lipinski definition) is 0. The molecule has 2 aliphatic rings. The fourth-order valence-electron chi connectivity index (χ4n) is 3.78. The van der Waals surface area contributed by atoms with Gasteiger partial charge >= 0.3 is 0 Å². The molecule has 4 rings (SSSR count). The lowest BCUT2D eigenvalue weighted by atomic mass is 9.96. The first-order chi connectivity index (χ1) is 12.5. The maximum Gasteiger partial charge on any atom is 0.230 e. The van der Waals surface area contributed by atoms with E-state index in [0.29, 0.717) is 12.1 Å². The third kappa shape index (κ3) is 3.50. The summed E-state index contributed by atoms with van der Waals surface area (Å²) in [5.74, 6) is 2.78. The third-order valence-corrected chi connectivity index (χ3v) is 5.58. The van der Waals surface area contributed by atoms with Crippen LogP contribution in [-0.4, -0.2) is 27.7 Å². The van der Waals surface area contributed by atoms with Crippen molar-refractivity contribution < 1.29 is 9.15 Å². The van der Waals surface area contributed by atoms with E-state index in [1.807, 2.05) is 0 Å². The van der Waals surface area contributed by atoms with Gasteiger partial charge in [0.25, 0.3) is 0 Å². The van der Waals surface area contributed by atoms with Crippen molar-refractivity contribution in [3.8, 4) is 5.75 Å². The second-order valence-electron chi connectivity index (χ2n) is 8.07. The third-order valence-electron chi connectivity index (χ3n) is 5.58. The van der Waals surface area contributed by atoms with E-state index in [-0.39, 0.29) is 5.92 Å². The summed E-state index contributed by atoms with van der Waals surface area (Å²) < 4.78 is 12.0. The number of fused-ring (bicyclic) bond motifs is 1. The number of hydrogen-bond acceptors (Lipinski definition) is 5. The minimum absolute atomic E-state index is 0.267. The molecule has 0 N–H and O–H groups in total. The number of aromatic nitrogens is 2. The SMILES string of the molecule is Cc1cc2c(cc1C)[C@@H](N(Cc1nnc(C(C)C)o1)C1CC1)CCCO2. The van der Waals surface area contributed by atoms with Crippen LogP contribution in [0.5, 0.6) is 5.75 Å². The van der Waals surface area contributed by atoms with E-state index in [9.17, 15) is 0 Å². The molecular weight excluding hydrogens is 326 g/mol. The van der Waals surface area contributed by atoms with E-state index in [4.69, 9.17) is 9.15 Å². The van der Waals surface area contributed by atoms with Crippen LogP contribution in [0.3, 0.4) is 0 Å². The van der Waals surface area contributed by atoms with Gasteiger partial charge in [0.2, 0.25) is 11.8 Å². The summed E-state index contributed by atoms with van der Waals surface area (Å²) >= 11 is 0. The van der Waals surface area contributed by atoms with Crippen molar-refractivity contribution in [1.82, 2.24) is 15.1 Å². The van der Waals surface area contributed by atoms with Gasteiger partial charge in [-0.3, -0.25) is 4.90 Å². The van der Waals surface area contributed by atoms with Crippen molar-refractivity contribution in [2.75, 3.05) is 6.61 Å². The molecule has 0 radical (unpaired) electrons.